The van der Waals surface area contributed by atoms with Gasteiger partial charge in [0.05, 0.1) is 24.1 Å². The number of hydrogen-bond acceptors (Lipinski definition) is 6. The first kappa shape index (κ1) is 12.8. The Bertz CT molecular complexity index is 724. The van der Waals surface area contributed by atoms with Gasteiger partial charge in [0.1, 0.15) is 11.1 Å². The van der Waals surface area contributed by atoms with Gasteiger partial charge in [0.25, 0.3) is 11.5 Å². The molecule has 1 aliphatic rings. The summed E-state index contributed by atoms with van der Waals surface area (Å²) >= 11 is 0. The number of rotatable bonds is 1. The Kier molecular flexibility index (Phi) is 2.84. The Morgan fingerprint density at radius 1 is 1.45 bits per heavy atom. The van der Waals surface area contributed by atoms with Crippen LogP contribution < -0.4 is 5.56 Å². The van der Waals surface area contributed by atoms with Crippen LogP contribution in [0.3, 0.4) is 0 Å². The summed E-state index contributed by atoms with van der Waals surface area (Å²) in [7, 11) is 0. The number of nitrogens with zero attached hydrogens (tertiary/aromatic N) is 2. The molecule has 1 fully saturated rings. The van der Waals surface area contributed by atoms with Crippen LogP contribution in [-0.2, 0) is 0 Å². The fourth-order valence-electron chi connectivity index (χ4n) is 2.40. The second-order valence-corrected chi connectivity index (χ2v) is 4.79. The lowest BCUT2D eigenvalue weighted by Crippen LogP contribution is -2.30. The lowest BCUT2D eigenvalue weighted by Gasteiger charge is -2.14. The average Bonchev–Trinajstić information content (AvgIpc) is 2.90. The number of β-amino-alcohol motifs (C(OH)–C–C–N with tert-alkyl or cyclic N) is 2. The standard InChI is InChI=1S/C12H13N3O5/c1-5-8(9-10(18)13-4-14-11(9)20-5)12(19)15-2-6(16)7(17)3-15/h4,6-7,16-17H,2-3H2,1H3,(H,13,14,18)/t6-,7+. The van der Waals surface area contributed by atoms with Crippen molar-refractivity contribution in [3.8, 4) is 0 Å². The second-order valence-electron chi connectivity index (χ2n) is 4.79. The Morgan fingerprint density at radius 2 is 2.10 bits per heavy atom. The van der Waals surface area contributed by atoms with Gasteiger partial charge in [-0.2, -0.15) is 0 Å². The number of aryl methyl sites for hydroxylation is 1. The molecule has 3 rings (SSSR count). The fraction of sp³-hybridized carbons (Fsp3) is 0.417. The van der Waals surface area contributed by atoms with E-state index in [0.29, 0.717) is 0 Å². The Labute approximate surface area is 112 Å². The van der Waals surface area contributed by atoms with Crippen LogP contribution in [0.2, 0.25) is 0 Å². The molecule has 0 aromatic carbocycles. The minimum Gasteiger partial charge on any atom is -0.442 e. The molecule has 0 unspecified atom stereocenters. The highest BCUT2D eigenvalue weighted by molar-refractivity contribution is 6.06. The van der Waals surface area contributed by atoms with E-state index >= 15 is 0 Å². The number of H-pyrrole nitrogens is 1. The summed E-state index contributed by atoms with van der Waals surface area (Å²) < 4.78 is 5.31. The topological polar surface area (TPSA) is 120 Å². The van der Waals surface area contributed by atoms with Gasteiger partial charge in [-0.15, -0.1) is 0 Å². The fourth-order valence-corrected chi connectivity index (χ4v) is 2.40. The molecule has 1 amide bonds. The van der Waals surface area contributed by atoms with E-state index in [2.05, 4.69) is 9.97 Å². The van der Waals surface area contributed by atoms with Crippen LogP contribution in [0.1, 0.15) is 16.1 Å². The van der Waals surface area contributed by atoms with Crippen LogP contribution in [0, 0.1) is 6.92 Å². The minimum atomic E-state index is -0.978. The monoisotopic (exact) mass is 279 g/mol. The van der Waals surface area contributed by atoms with E-state index in [9.17, 15) is 19.8 Å². The molecule has 1 saturated heterocycles. The molecule has 8 nitrogen and oxygen atoms in total. The van der Waals surface area contributed by atoms with Crippen LogP contribution in [0.4, 0.5) is 0 Å². The largest absolute Gasteiger partial charge is 0.442 e. The maximum absolute atomic E-state index is 12.4. The Hall–Kier alpha value is -2.19. The van der Waals surface area contributed by atoms with Gasteiger partial charge in [0.15, 0.2) is 0 Å². The molecule has 2 aromatic rings. The van der Waals surface area contributed by atoms with Crippen LogP contribution in [0.25, 0.3) is 11.1 Å². The Morgan fingerprint density at radius 3 is 2.75 bits per heavy atom. The van der Waals surface area contributed by atoms with Crippen molar-refractivity contribution in [3.63, 3.8) is 0 Å². The number of carbonyl (C=O) groups excluding carboxylic acids is 1. The molecule has 0 radical (unpaired) electrons. The van der Waals surface area contributed by atoms with Crippen molar-refractivity contribution in [2.24, 2.45) is 0 Å². The first-order valence-corrected chi connectivity index (χ1v) is 6.11. The van der Waals surface area contributed by atoms with Crippen molar-refractivity contribution in [2.75, 3.05) is 13.1 Å². The Balaban J connectivity index is 2.09. The number of aliphatic hydroxyl groups is 2. The SMILES string of the molecule is Cc1oc2nc[nH]c(=O)c2c1C(=O)N1C[C@@H](O)[C@@H](O)C1. The van der Waals surface area contributed by atoms with E-state index in [1.54, 1.807) is 6.92 Å². The van der Waals surface area contributed by atoms with Gasteiger partial charge in [0, 0.05) is 13.1 Å². The number of hydrogen-bond donors (Lipinski definition) is 3. The van der Waals surface area contributed by atoms with Gasteiger partial charge >= 0.3 is 0 Å². The van der Waals surface area contributed by atoms with Crippen molar-refractivity contribution < 1.29 is 19.4 Å². The first-order valence-electron chi connectivity index (χ1n) is 6.11. The number of fused-ring (bicyclic) bond motifs is 1. The zero-order chi connectivity index (χ0) is 14.4. The number of aromatic amines is 1. The number of aliphatic hydroxyl groups excluding tert-OH is 2. The minimum absolute atomic E-state index is 0.0181. The summed E-state index contributed by atoms with van der Waals surface area (Å²) in [4.78, 5) is 31.8. The van der Waals surface area contributed by atoms with E-state index in [4.69, 9.17) is 4.42 Å². The van der Waals surface area contributed by atoms with E-state index in [-0.39, 0.29) is 35.5 Å². The van der Waals surface area contributed by atoms with Crippen LogP contribution >= 0.6 is 0 Å². The molecule has 8 heteroatoms. The number of furan rings is 1. The summed E-state index contributed by atoms with van der Waals surface area (Å²) in [6, 6.07) is 0. The van der Waals surface area contributed by atoms with E-state index in [1.807, 2.05) is 0 Å². The van der Waals surface area contributed by atoms with Crippen LogP contribution in [0.5, 0.6) is 0 Å². The van der Waals surface area contributed by atoms with Gasteiger partial charge in [0.2, 0.25) is 5.71 Å². The molecule has 106 valence electrons. The molecular formula is C12H13N3O5. The number of likely N-dealkylation sites (tertiary alicyclic amines) is 1. The quantitative estimate of drug-likeness (QED) is 0.616. The summed E-state index contributed by atoms with van der Waals surface area (Å²) in [5.41, 5.74) is -0.249. The zero-order valence-corrected chi connectivity index (χ0v) is 10.7. The molecule has 2 aromatic heterocycles. The maximum Gasteiger partial charge on any atom is 0.262 e. The predicted molar refractivity (Wildman–Crippen MR) is 67.3 cm³/mol. The molecule has 2 atom stereocenters. The first-order chi connectivity index (χ1) is 9.49. The van der Waals surface area contributed by atoms with Crippen molar-refractivity contribution in [1.29, 1.82) is 0 Å². The third kappa shape index (κ3) is 1.81. The van der Waals surface area contributed by atoms with Gasteiger partial charge in [-0.05, 0) is 6.92 Å². The summed E-state index contributed by atoms with van der Waals surface area (Å²) in [5, 5.41) is 19.1. The molecular weight excluding hydrogens is 266 g/mol. The lowest BCUT2D eigenvalue weighted by molar-refractivity contribution is 0.0572. The molecule has 3 heterocycles. The molecule has 0 bridgehead atoms. The van der Waals surface area contributed by atoms with Crippen molar-refractivity contribution in [3.05, 3.63) is 28.0 Å². The number of aromatic nitrogens is 2. The second kappa shape index (κ2) is 4.43. The number of amides is 1. The maximum atomic E-state index is 12.4. The van der Waals surface area contributed by atoms with Gasteiger partial charge in [-0.1, -0.05) is 0 Å². The highest BCUT2D eigenvalue weighted by atomic mass is 16.3. The normalized spacial score (nSPS) is 22.6. The number of nitrogens with one attached hydrogen (secondary N) is 1. The van der Waals surface area contributed by atoms with Crippen LogP contribution in [0.15, 0.2) is 15.5 Å². The zero-order valence-electron chi connectivity index (χ0n) is 10.7. The average molecular weight is 279 g/mol. The molecule has 1 aliphatic heterocycles. The number of carbonyl (C=O) groups is 1. The van der Waals surface area contributed by atoms with Gasteiger partial charge in [-0.25, -0.2) is 4.98 Å². The van der Waals surface area contributed by atoms with Gasteiger partial charge in [-0.3, -0.25) is 9.59 Å². The molecule has 0 saturated carbocycles. The molecule has 3 N–H and O–H groups in total. The molecule has 0 spiro atoms. The van der Waals surface area contributed by atoms with Crippen molar-refractivity contribution in [1.82, 2.24) is 14.9 Å². The smallest absolute Gasteiger partial charge is 0.262 e. The highest BCUT2D eigenvalue weighted by Crippen LogP contribution is 2.24. The highest BCUT2D eigenvalue weighted by Gasteiger charge is 2.35. The van der Waals surface area contributed by atoms with Gasteiger partial charge < -0.3 is 24.5 Å². The lowest BCUT2D eigenvalue weighted by atomic mass is 10.1. The van der Waals surface area contributed by atoms with E-state index in [1.165, 1.54) is 11.2 Å². The summed E-state index contributed by atoms with van der Waals surface area (Å²) in [6.07, 6.45) is -0.756. The summed E-state index contributed by atoms with van der Waals surface area (Å²) in [6.45, 7) is 1.60. The summed E-state index contributed by atoms with van der Waals surface area (Å²) in [5.74, 6) is -0.180. The molecule has 20 heavy (non-hydrogen) atoms. The predicted octanol–water partition coefficient (Wildman–Crippen LogP) is -0.998. The van der Waals surface area contributed by atoms with E-state index in [0.717, 1.165) is 0 Å². The molecule has 0 aliphatic carbocycles. The van der Waals surface area contributed by atoms with Crippen molar-refractivity contribution in [2.45, 2.75) is 19.1 Å². The van der Waals surface area contributed by atoms with E-state index < -0.39 is 23.7 Å². The van der Waals surface area contributed by atoms with Crippen LogP contribution in [-0.4, -0.2) is 56.3 Å². The van der Waals surface area contributed by atoms with Crippen molar-refractivity contribution >= 4 is 17.0 Å². The third-order valence-electron chi connectivity index (χ3n) is 3.43. The third-order valence-corrected chi connectivity index (χ3v) is 3.43.